The Hall–Kier alpha value is -1.94. The Balaban J connectivity index is 2.60. The van der Waals surface area contributed by atoms with Gasteiger partial charge < -0.3 is 14.8 Å². The second kappa shape index (κ2) is 7.74. The van der Waals surface area contributed by atoms with E-state index in [1.165, 1.54) is 12.5 Å². The Kier molecular flexibility index (Phi) is 6.31. The summed E-state index contributed by atoms with van der Waals surface area (Å²) in [5, 5.41) is 9.04. The first-order valence-corrected chi connectivity index (χ1v) is 7.85. The number of ether oxygens (including phenoxy) is 1. The van der Waals surface area contributed by atoms with Crippen molar-refractivity contribution in [1.82, 2.24) is 14.7 Å². The minimum Gasteiger partial charge on any atom is -0.480 e. The zero-order chi connectivity index (χ0) is 15.9. The van der Waals surface area contributed by atoms with Gasteiger partial charge >= 0.3 is 11.9 Å². The van der Waals surface area contributed by atoms with Crippen LogP contribution in [0.25, 0.3) is 0 Å². The lowest BCUT2D eigenvalue weighted by atomic mass is 10.2. The molecule has 0 aliphatic carbocycles. The molecule has 1 aromatic rings. The molecule has 0 aliphatic heterocycles. The largest absolute Gasteiger partial charge is 0.480 e. The number of aromatic amines is 1. The van der Waals surface area contributed by atoms with Gasteiger partial charge in [0.25, 0.3) is 0 Å². The van der Waals surface area contributed by atoms with E-state index < -0.39 is 33.8 Å². The number of sulfonamides is 1. The smallest absolute Gasteiger partial charge is 0.322 e. The van der Waals surface area contributed by atoms with E-state index in [2.05, 4.69) is 14.7 Å². The van der Waals surface area contributed by atoms with Gasteiger partial charge in [-0.15, -0.1) is 0 Å². The molecule has 118 valence electrons. The molecule has 0 unspecified atom stereocenters. The lowest BCUT2D eigenvalue weighted by Gasteiger charge is -2.13. The predicted molar refractivity (Wildman–Crippen MR) is 71.9 cm³/mol. The molecule has 0 aliphatic rings. The molecule has 3 N–H and O–H groups in total. The highest BCUT2D eigenvalue weighted by Gasteiger charge is 2.25. The van der Waals surface area contributed by atoms with Gasteiger partial charge in [0, 0.05) is 18.3 Å². The standard InChI is InChI=1S/C11H17N3O6S/c1-2-20-10(15)3-4-21(18,19)14-9(11(16)17)5-8-6-12-7-13-8/h6-7,9,14H,2-5H2,1H3,(H,12,13)(H,16,17)/t9-/m1/s1. The topological polar surface area (TPSA) is 138 Å². The number of hydrogen-bond acceptors (Lipinski definition) is 6. The summed E-state index contributed by atoms with van der Waals surface area (Å²) in [5.41, 5.74) is 0.482. The fourth-order valence-corrected chi connectivity index (χ4v) is 2.69. The monoisotopic (exact) mass is 319 g/mol. The minimum absolute atomic E-state index is 0.0754. The minimum atomic E-state index is -3.91. The van der Waals surface area contributed by atoms with Crippen LogP contribution in [-0.4, -0.2) is 53.8 Å². The number of nitrogens with one attached hydrogen (secondary N) is 2. The Labute approximate surface area is 121 Å². The fourth-order valence-electron chi connectivity index (χ4n) is 1.52. The lowest BCUT2D eigenvalue weighted by molar-refractivity contribution is -0.142. The van der Waals surface area contributed by atoms with Crippen LogP contribution in [0.5, 0.6) is 0 Å². The van der Waals surface area contributed by atoms with E-state index in [-0.39, 0.29) is 19.4 Å². The maximum Gasteiger partial charge on any atom is 0.322 e. The van der Waals surface area contributed by atoms with E-state index in [4.69, 9.17) is 5.11 Å². The molecule has 0 radical (unpaired) electrons. The van der Waals surface area contributed by atoms with Gasteiger partial charge in [-0.3, -0.25) is 9.59 Å². The summed E-state index contributed by atoms with van der Waals surface area (Å²) >= 11 is 0. The summed E-state index contributed by atoms with van der Waals surface area (Å²) in [6.45, 7) is 1.76. The number of carboxylic acids is 1. The van der Waals surface area contributed by atoms with Gasteiger partial charge in [-0.05, 0) is 6.92 Å². The van der Waals surface area contributed by atoms with E-state index in [0.29, 0.717) is 5.69 Å². The predicted octanol–water partition coefficient (Wildman–Crippen LogP) is -0.722. The van der Waals surface area contributed by atoms with Crippen LogP contribution >= 0.6 is 0 Å². The van der Waals surface area contributed by atoms with E-state index in [1.807, 2.05) is 4.72 Å². The summed E-state index contributed by atoms with van der Waals surface area (Å²) in [7, 11) is -3.91. The molecular weight excluding hydrogens is 302 g/mol. The van der Waals surface area contributed by atoms with Crippen molar-refractivity contribution < 1.29 is 27.9 Å². The molecule has 0 saturated carbocycles. The average Bonchev–Trinajstić information content (AvgIpc) is 2.89. The molecule has 0 amide bonds. The van der Waals surface area contributed by atoms with Gasteiger partial charge in [-0.2, -0.15) is 0 Å². The summed E-state index contributed by atoms with van der Waals surface area (Å²) in [5.74, 6) is -2.49. The van der Waals surface area contributed by atoms with E-state index >= 15 is 0 Å². The van der Waals surface area contributed by atoms with Gasteiger partial charge in [0.2, 0.25) is 10.0 Å². The molecule has 0 bridgehead atoms. The third-order valence-corrected chi connectivity index (χ3v) is 3.86. The second-order valence-electron chi connectivity index (χ2n) is 4.16. The first-order valence-electron chi connectivity index (χ1n) is 6.19. The van der Waals surface area contributed by atoms with Crippen LogP contribution in [-0.2, 0) is 30.8 Å². The van der Waals surface area contributed by atoms with Crippen LogP contribution in [0, 0.1) is 0 Å². The van der Waals surface area contributed by atoms with Crippen molar-refractivity contribution in [1.29, 1.82) is 0 Å². The number of hydrogen-bond donors (Lipinski definition) is 3. The maximum absolute atomic E-state index is 11.8. The molecule has 0 spiro atoms. The van der Waals surface area contributed by atoms with Crippen LogP contribution in [0.3, 0.4) is 0 Å². The third-order valence-electron chi connectivity index (χ3n) is 2.48. The molecule has 21 heavy (non-hydrogen) atoms. The average molecular weight is 319 g/mol. The number of aromatic nitrogens is 2. The number of imidazole rings is 1. The molecule has 0 saturated heterocycles. The molecule has 10 heteroatoms. The summed E-state index contributed by atoms with van der Waals surface area (Å²) in [4.78, 5) is 28.6. The Morgan fingerprint density at radius 2 is 2.24 bits per heavy atom. The van der Waals surface area contributed by atoms with Crippen molar-refractivity contribution in [2.75, 3.05) is 12.4 Å². The number of aliphatic carboxylic acids is 1. The normalized spacial score (nSPS) is 12.8. The van der Waals surface area contributed by atoms with Crippen molar-refractivity contribution >= 4 is 22.0 Å². The number of carbonyl (C=O) groups is 2. The zero-order valence-corrected chi connectivity index (χ0v) is 12.2. The zero-order valence-electron chi connectivity index (χ0n) is 11.4. The third kappa shape index (κ3) is 6.36. The van der Waals surface area contributed by atoms with E-state index in [0.717, 1.165) is 0 Å². The fraction of sp³-hybridized carbons (Fsp3) is 0.545. The molecule has 1 atom stereocenters. The highest BCUT2D eigenvalue weighted by molar-refractivity contribution is 7.89. The van der Waals surface area contributed by atoms with Gasteiger partial charge in [0.05, 0.1) is 25.1 Å². The van der Waals surface area contributed by atoms with Crippen molar-refractivity contribution in [2.24, 2.45) is 0 Å². The highest BCUT2D eigenvalue weighted by Crippen LogP contribution is 2.02. The summed E-state index contributed by atoms with van der Waals surface area (Å²) in [6.07, 6.45) is 2.36. The second-order valence-corrected chi connectivity index (χ2v) is 6.04. The number of rotatable bonds is 9. The first-order chi connectivity index (χ1) is 9.84. The van der Waals surface area contributed by atoms with Crippen molar-refractivity contribution in [3.8, 4) is 0 Å². The van der Waals surface area contributed by atoms with E-state index in [9.17, 15) is 18.0 Å². The highest BCUT2D eigenvalue weighted by atomic mass is 32.2. The first kappa shape index (κ1) is 17.1. The van der Waals surface area contributed by atoms with Gasteiger partial charge in [0.15, 0.2) is 0 Å². The maximum atomic E-state index is 11.8. The van der Waals surface area contributed by atoms with Crippen LogP contribution in [0.4, 0.5) is 0 Å². The molecule has 1 heterocycles. The number of nitrogens with zero attached hydrogens (tertiary/aromatic N) is 1. The van der Waals surface area contributed by atoms with Gasteiger partial charge in [0.1, 0.15) is 6.04 Å². The van der Waals surface area contributed by atoms with Crippen molar-refractivity contribution in [3.63, 3.8) is 0 Å². The molecule has 1 aromatic heterocycles. The number of esters is 1. The summed E-state index contributed by atoms with van der Waals surface area (Å²) in [6, 6.07) is -1.34. The van der Waals surface area contributed by atoms with Crippen LogP contribution in [0.2, 0.25) is 0 Å². The van der Waals surface area contributed by atoms with Crippen molar-refractivity contribution in [2.45, 2.75) is 25.8 Å². The number of carboxylic acid groups (broad SMARTS) is 1. The quantitative estimate of drug-likeness (QED) is 0.510. The van der Waals surface area contributed by atoms with Crippen molar-refractivity contribution in [3.05, 3.63) is 18.2 Å². The van der Waals surface area contributed by atoms with Crippen LogP contribution in [0.1, 0.15) is 19.0 Å². The Bertz CT molecular complexity index is 569. The Morgan fingerprint density at radius 3 is 2.76 bits per heavy atom. The lowest BCUT2D eigenvalue weighted by Crippen LogP contribution is -2.43. The number of H-pyrrole nitrogens is 1. The molecule has 1 rings (SSSR count). The molecular formula is C11H17N3O6S. The van der Waals surface area contributed by atoms with Crippen LogP contribution < -0.4 is 4.72 Å². The summed E-state index contributed by atoms with van der Waals surface area (Å²) < 4.78 is 30.2. The SMILES string of the molecule is CCOC(=O)CCS(=O)(=O)N[C@H](Cc1cnc[nH]1)C(=O)O. The molecule has 0 fully saturated rings. The molecule has 9 nitrogen and oxygen atoms in total. The van der Waals surface area contributed by atoms with Crippen LogP contribution in [0.15, 0.2) is 12.5 Å². The van der Waals surface area contributed by atoms with Gasteiger partial charge in [-0.1, -0.05) is 0 Å². The number of carbonyl (C=O) groups excluding carboxylic acids is 1. The molecule has 0 aromatic carbocycles. The van der Waals surface area contributed by atoms with E-state index in [1.54, 1.807) is 6.92 Å². The van der Waals surface area contributed by atoms with Gasteiger partial charge in [-0.25, -0.2) is 18.1 Å². The Morgan fingerprint density at radius 1 is 1.52 bits per heavy atom.